The number of aromatic nitrogens is 3. The van der Waals surface area contributed by atoms with E-state index in [4.69, 9.17) is 11.6 Å². The molecule has 3 rings (SSSR count). The van der Waals surface area contributed by atoms with Crippen LogP contribution in [0.25, 0.3) is 5.65 Å². The van der Waals surface area contributed by atoms with E-state index in [9.17, 15) is 9.18 Å². The number of carbonyl (C=O) groups excluding carboxylic acids is 1. The zero-order valence-electron chi connectivity index (χ0n) is 12.5. The molecule has 1 N–H and O–H groups in total. The Morgan fingerprint density at radius 3 is 2.78 bits per heavy atom. The molecule has 3 aromatic rings. The number of anilines is 1. The predicted molar refractivity (Wildman–Crippen MR) is 86.4 cm³/mol. The Hall–Kier alpha value is -2.47. The fourth-order valence-corrected chi connectivity index (χ4v) is 2.41. The topological polar surface area (TPSA) is 59.3 Å². The van der Waals surface area contributed by atoms with E-state index >= 15 is 0 Å². The van der Waals surface area contributed by atoms with Gasteiger partial charge in [-0.3, -0.25) is 4.79 Å². The second-order valence-corrected chi connectivity index (χ2v) is 5.77. The molecule has 0 spiro atoms. The summed E-state index contributed by atoms with van der Waals surface area (Å²) < 4.78 is 15.4. The number of benzene rings is 1. The van der Waals surface area contributed by atoms with Crippen LogP contribution in [0.1, 0.15) is 35.9 Å². The molecule has 0 saturated carbocycles. The lowest BCUT2D eigenvalue weighted by Crippen LogP contribution is -2.15. The fourth-order valence-electron chi connectivity index (χ4n) is 2.16. The minimum atomic E-state index is -0.675. The lowest BCUT2D eigenvalue weighted by molar-refractivity contribution is 0.102. The summed E-state index contributed by atoms with van der Waals surface area (Å²) in [4.78, 5) is 16.8. The van der Waals surface area contributed by atoms with Gasteiger partial charge in [-0.1, -0.05) is 31.5 Å². The lowest BCUT2D eigenvalue weighted by atomic mass is 10.2. The lowest BCUT2D eigenvalue weighted by Gasteiger charge is -2.08. The van der Waals surface area contributed by atoms with Gasteiger partial charge in [0.05, 0.1) is 16.3 Å². The normalized spacial score (nSPS) is 11.2. The van der Waals surface area contributed by atoms with Gasteiger partial charge in [0, 0.05) is 12.1 Å². The van der Waals surface area contributed by atoms with Gasteiger partial charge < -0.3 is 5.32 Å². The summed E-state index contributed by atoms with van der Waals surface area (Å²) in [7, 11) is 0. The number of hydrogen-bond acceptors (Lipinski definition) is 3. The Bertz CT molecular complexity index is 871. The van der Waals surface area contributed by atoms with Crippen LogP contribution in [0.4, 0.5) is 10.1 Å². The number of halogens is 2. The van der Waals surface area contributed by atoms with Gasteiger partial charge in [0.1, 0.15) is 5.82 Å². The minimum Gasteiger partial charge on any atom is -0.319 e. The number of carbonyl (C=O) groups is 1. The molecule has 2 aromatic heterocycles. The summed E-state index contributed by atoms with van der Waals surface area (Å²) in [5.41, 5.74) is 0.744. The molecule has 5 nitrogen and oxygen atoms in total. The summed E-state index contributed by atoms with van der Waals surface area (Å²) in [5, 5.41) is 7.04. The predicted octanol–water partition coefficient (Wildman–Crippen LogP) is 3.90. The quantitative estimate of drug-likeness (QED) is 0.791. The molecule has 0 aliphatic carbocycles. The van der Waals surface area contributed by atoms with Crippen molar-refractivity contribution in [3.63, 3.8) is 0 Å². The molecule has 0 radical (unpaired) electrons. The van der Waals surface area contributed by atoms with Gasteiger partial charge in [-0.15, -0.1) is 0 Å². The average molecular weight is 333 g/mol. The van der Waals surface area contributed by atoms with E-state index in [1.54, 1.807) is 22.8 Å². The molecule has 1 aromatic carbocycles. The fraction of sp³-hybridized carbons (Fsp3) is 0.188. The van der Waals surface area contributed by atoms with Crippen LogP contribution in [0.15, 0.2) is 36.5 Å². The summed E-state index contributed by atoms with van der Waals surface area (Å²) in [6.07, 6.45) is 1.74. The number of nitrogens with one attached hydrogen (secondary N) is 1. The number of hydrogen-bond donors (Lipinski definition) is 1. The molecule has 2 heterocycles. The molecule has 118 valence electrons. The molecule has 0 fully saturated rings. The van der Waals surface area contributed by atoms with Crippen molar-refractivity contribution in [3.05, 3.63) is 58.8 Å². The first-order chi connectivity index (χ1) is 11.0. The van der Waals surface area contributed by atoms with Crippen molar-refractivity contribution in [1.29, 1.82) is 0 Å². The van der Waals surface area contributed by atoms with Gasteiger partial charge >= 0.3 is 0 Å². The van der Waals surface area contributed by atoms with Gasteiger partial charge in [0.2, 0.25) is 0 Å². The summed E-state index contributed by atoms with van der Waals surface area (Å²) >= 11 is 5.92. The molecular formula is C16H14ClFN4O. The third kappa shape index (κ3) is 2.90. The largest absolute Gasteiger partial charge is 0.319 e. The van der Waals surface area contributed by atoms with Crippen LogP contribution in [0.5, 0.6) is 0 Å². The van der Waals surface area contributed by atoms with E-state index < -0.39 is 11.7 Å². The molecule has 0 bridgehead atoms. The molecule has 0 aliphatic heterocycles. The second-order valence-electron chi connectivity index (χ2n) is 5.37. The molecule has 0 atom stereocenters. The summed E-state index contributed by atoms with van der Waals surface area (Å²) in [6.45, 7) is 3.96. The number of nitrogens with zero attached hydrogens (tertiary/aromatic N) is 3. The average Bonchev–Trinajstić information content (AvgIpc) is 2.92. The maximum absolute atomic E-state index is 13.8. The first kappa shape index (κ1) is 15.4. The Morgan fingerprint density at radius 2 is 2.09 bits per heavy atom. The highest BCUT2D eigenvalue weighted by Crippen LogP contribution is 2.22. The van der Waals surface area contributed by atoms with E-state index in [0.717, 1.165) is 0 Å². The van der Waals surface area contributed by atoms with E-state index in [1.165, 1.54) is 18.2 Å². The van der Waals surface area contributed by atoms with E-state index in [0.29, 0.717) is 17.2 Å². The number of rotatable bonds is 3. The van der Waals surface area contributed by atoms with Crippen molar-refractivity contribution in [3.8, 4) is 0 Å². The third-order valence-electron chi connectivity index (χ3n) is 3.33. The van der Waals surface area contributed by atoms with Gasteiger partial charge in [0.15, 0.2) is 11.5 Å². The van der Waals surface area contributed by atoms with Gasteiger partial charge in [0.25, 0.3) is 5.91 Å². The van der Waals surface area contributed by atoms with Gasteiger partial charge in [-0.2, -0.15) is 5.10 Å². The summed E-state index contributed by atoms with van der Waals surface area (Å²) in [6, 6.07) is 7.51. The Labute approximate surface area is 137 Å². The smallest absolute Gasteiger partial charge is 0.260 e. The van der Waals surface area contributed by atoms with E-state index in [2.05, 4.69) is 15.4 Å². The van der Waals surface area contributed by atoms with Crippen LogP contribution < -0.4 is 5.32 Å². The zero-order chi connectivity index (χ0) is 16.6. The number of fused-ring (bicyclic) bond motifs is 1. The van der Waals surface area contributed by atoms with E-state index in [-0.39, 0.29) is 16.5 Å². The van der Waals surface area contributed by atoms with Crippen LogP contribution in [-0.4, -0.2) is 20.5 Å². The molecule has 7 heteroatoms. The Balaban J connectivity index is 2.00. The van der Waals surface area contributed by atoms with Crippen molar-refractivity contribution in [2.75, 3.05) is 5.32 Å². The molecular weight excluding hydrogens is 319 g/mol. The van der Waals surface area contributed by atoms with Gasteiger partial charge in [-0.05, 0) is 24.3 Å². The second kappa shape index (κ2) is 5.96. The standard InChI is InChI=1S/C16H14ClFN4O/c1-9(2)14-20-15-12(7-4-8-22(15)21-14)19-16(23)13-10(17)5-3-6-11(13)18/h3-9H,1-2H3,(H,19,23). The van der Waals surface area contributed by atoms with Crippen LogP contribution in [0.2, 0.25) is 5.02 Å². The van der Waals surface area contributed by atoms with Gasteiger partial charge in [-0.25, -0.2) is 13.9 Å². The first-order valence-corrected chi connectivity index (χ1v) is 7.46. The van der Waals surface area contributed by atoms with Crippen molar-refractivity contribution in [2.45, 2.75) is 19.8 Å². The Kier molecular flexibility index (Phi) is 4.00. The monoisotopic (exact) mass is 332 g/mol. The van der Waals surface area contributed by atoms with Crippen molar-refractivity contribution in [2.24, 2.45) is 0 Å². The number of amides is 1. The summed E-state index contributed by atoms with van der Waals surface area (Å²) in [5.74, 6) is -0.489. The molecule has 23 heavy (non-hydrogen) atoms. The maximum atomic E-state index is 13.8. The van der Waals surface area contributed by atoms with Crippen molar-refractivity contribution >= 4 is 28.8 Å². The van der Waals surface area contributed by atoms with Crippen LogP contribution in [-0.2, 0) is 0 Å². The van der Waals surface area contributed by atoms with E-state index in [1.807, 2.05) is 13.8 Å². The Morgan fingerprint density at radius 1 is 1.30 bits per heavy atom. The molecule has 0 saturated heterocycles. The minimum absolute atomic E-state index is 0.0544. The third-order valence-corrected chi connectivity index (χ3v) is 3.65. The van der Waals surface area contributed by atoms with Crippen molar-refractivity contribution < 1.29 is 9.18 Å². The van der Waals surface area contributed by atoms with Crippen molar-refractivity contribution in [1.82, 2.24) is 14.6 Å². The van der Waals surface area contributed by atoms with Crippen LogP contribution in [0, 0.1) is 5.82 Å². The highest BCUT2D eigenvalue weighted by molar-refractivity contribution is 6.34. The maximum Gasteiger partial charge on any atom is 0.260 e. The molecule has 1 amide bonds. The molecule has 0 aliphatic rings. The van der Waals surface area contributed by atoms with Crippen LogP contribution in [0.3, 0.4) is 0 Å². The SMILES string of the molecule is CC(C)c1nc2c(NC(=O)c3c(F)cccc3Cl)cccn2n1. The van der Waals surface area contributed by atoms with Crippen LogP contribution >= 0.6 is 11.6 Å². The zero-order valence-corrected chi connectivity index (χ0v) is 13.3. The highest BCUT2D eigenvalue weighted by atomic mass is 35.5. The number of pyridine rings is 1. The highest BCUT2D eigenvalue weighted by Gasteiger charge is 2.18. The molecule has 0 unspecified atom stereocenters. The first-order valence-electron chi connectivity index (χ1n) is 7.08.